The second-order valence-corrected chi connectivity index (χ2v) is 7.84. The van der Waals surface area contributed by atoms with Crippen molar-refractivity contribution in [2.24, 2.45) is 0 Å². The monoisotopic (exact) mass is 376 g/mol. The van der Waals surface area contributed by atoms with Crippen LogP contribution >= 0.6 is 0 Å². The van der Waals surface area contributed by atoms with Gasteiger partial charge in [0.25, 0.3) is 15.9 Å². The van der Waals surface area contributed by atoms with E-state index < -0.39 is 10.0 Å². The zero-order valence-corrected chi connectivity index (χ0v) is 16.0. The van der Waals surface area contributed by atoms with Crippen LogP contribution in [-0.4, -0.2) is 34.6 Å². The van der Waals surface area contributed by atoms with Gasteiger partial charge in [0.15, 0.2) is 0 Å². The van der Waals surface area contributed by atoms with E-state index in [4.69, 9.17) is 4.74 Å². The van der Waals surface area contributed by atoms with E-state index in [0.717, 1.165) is 5.56 Å². The minimum Gasteiger partial charge on any atom is -0.383 e. The third kappa shape index (κ3) is 5.31. The molecule has 0 aromatic heterocycles. The molecular formula is C19H24N2O4S. The van der Waals surface area contributed by atoms with E-state index in [-0.39, 0.29) is 10.8 Å². The molecule has 0 aliphatic carbocycles. The number of carbonyl (C=O) groups is 1. The van der Waals surface area contributed by atoms with Gasteiger partial charge in [0.05, 0.1) is 11.5 Å². The minimum absolute atomic E-state index is 0.0962. The molecule has 2 N–H and O–H groups in total. The molecule has 0 aliphatic heterocycles. The van der Waals surface area contributed by atoms with Crippen LogP contribution in [-0.2, 0) is 14.8 Å². The van der Waals surface area contributed by atoms with E-state index in [1.807, 2.05) is 12.1 Å². The van der Waals surface area contributed by atoms with Gasteiger partial charge in [0.1, 0.15) is 0 Å². The van der Waals surface area contributed by atoms with Crippen LogP contribution < -0.4 is 10.0 Å². The number of sulfonamides is 1. The largest absolute Gasteiger partial charge is 0.383 e. The van der Waals surface area contributed by atoms with Gasteiger partial charge in [-0.25, -0.2) is 8.42 Å². The lowest BCUT2D eigenvalue weighted by atomic mass is 10.0. The lowest BCUT2D eigenvalue weighted by Crippen LogP contribution is -2.26. The van der Waals surface area contributed by atoms with Crippen molar-refractivity contribution in [1.29, 1.82) is 0 Å². The number of hydrogen-bond donors (Lipinski definition) is 2. The first-order chi connectivity index (χ1) is 12.3. The number of hydrogen-bond acceptors (Lipinski definition) is 4. The molecule has 6 nitrogen and oxygen atoms in total. The Morgan fingerprint density at radius 1 is 1.04 bits per heavy atom. The van der Waals surface area contributed by atoms with E-state index in [1.54, 1.807) is 19.2 Å². The van der Waals surface area contributed by atoms with Gasteiger partial charge in [-0.3, -0.25) is 9.52 Å². The summed E-state index contributed by atoms with van der Waals surface area (Å²) in [5.74, 6) is 0.103. The Balaban J connectivity index is 2.07. The number of ether oxygens (including phenoxy) is 1. The Kier molecular flexibility index (Phi) is 6.76. The smallest absolute Gasteiger partial charge is 0.261 e. The molecule has 26 heavy (non-hydrogen) atoms. The first-order valence-corrected chi connectivity index (χ1v) is 9.82. The average Bonchev–Trinajstić information content (AvgIpc) is 2.62. The zero-order valence-electron chi connectivity index (χ0n) is 15.2. The van der Waals surface area contributed by atoms with Crippen molar-refractivity contribution in [1.82, 2.24) is 5.32 Å². The molecule has 0 spiro atoms. The number of benzene rings is 2. The van der Waals surface area contributed by atoms with Crippen molar-refractivity contribution in [3.8, 4) is 0 Å². The van der Waals surface area contributed by atoms with Crippen LogP contribution in [0.4, 0.5) is 5.69 Å². The first-order valence-electron chi connectivity index (χ1n) is 8.33. The quantitative estimate of drug-likeness (QED) is 0.694. The molecule has 0 bridgehead atoms. The fourth-order valence-electron chi connectivity index (χ4n) is 2.30. The molecule has 2 rings (SSSR count). The summed E-state index contributed by atoms with van der Waals surface area (Å²) in [5.41, 5.74) is 2.02. The van der Waals surface area contributed by atoms with E-state index in [0.29, 0.717) is 30.3 Å². The van der Waals surface area contributed by atoms with Gasteiger partial charge in [-0.15, -0.1) is 0 Å². The van der Waals surface area contributed by atoms with Gasteiger partial charge in [0.2, 0.25) is 0 Å². The van der Waals surface area contributed by atoms with Gasteiger partial charge in [-0.1, -0.05) is 26.0 Å². The standard InChI is InChI=1S/C19H24N2O4S/c1-14(2)15-4-8-17(9-5-15)21-26(23,24)18-10-6-16(7-11-18)19(22)20-12-13-25-3/h4-11,14,21H,12-13H2,1-3H3,(H,20,22). The van der Waals surface area contributed by atoms with Crippen LogP contribution in [0.15, 0.2) is 53.4 Å². The molecule has 0 saturated heterocycles. The van der Waals surface area contributed by atoms with Gasteiger partial charge >= 0.3 is 0 Å². The molecule has 0 fully saturated rings. The summed E-state index contributed by atoms with van der Waals surface area (Å²) >= 11 is 0. The second kappa shape index (κ2) is 8.82. The Bertz CT molecular complexity index is 829. The van der Waals surface area contributed by atoms with Crippen LogP contribution in [0.1, 0.15) is 35.7 Å². The molecule has 0 atom stereocenters. The van der Waals surface area contributed by atoms with E-state index >= 15 is 0 Å². The predicted octanol–water partition coefficient (Wildman–Crippen LogP) is 2.99. The van der Waals surface area contributed by atoms with Crippen LogP contribution in [0.3, 0.4) is 0 Å². The van der Waals surface area contributed by atoms with E-state index in [1.165, 1.54) is 24.3 Å². The molecular weight excluding hydrogens is 352 g/mol. The lowest BCUT2D eigenvalue weighted by molar-refractivity contribution is 0.0937. The van der Waals surface area contributed by atoms with Crippen molar-refractivity contribution >= 4 is 21.6 Å². The molecule has 2 aromatic rings. The average molecular weight is 376 g/mol. The summed E-state index contributed by atoms with van der Waals surface area (Å²) in [4.78, 5) is 12.0. The third-order valence-corrected chi connectivity index (χ3v) is 5.25. The molecule has 0 radical (unpaired) electrons. The summed E-state index contributed by atoms with van der Waals surface area (Å²) in [6, 6.07) is 13.1. The van der Waals surface area contributed by atoms with Crippen LogP contribution in [0, 0.1) is 0 Å². The maximum absolute atomic E-state index is 12.5. The highest BCUT2D eigenvalue weighted by Crippen LogP contribution is 2.20. The molecule has 2 aromatic carbocycles. The Hall–Kier alpha value is -2.38. The highest BCUT2D eigenvalue weighted by molar-refractivity contribution is 7.92. The number of methoxy groups -OCH3 is 1. The normalized spacial score (nSPS) is 11.4. The molecule has 7 heteroatoms. The number of nitrogens with one attached hydrogen (secondary N) is 2. The van der Waals surface area contributed by atoms with E-state index in [9.17, 15) is 13.2 Å². The summed E-state index contributed by atoms with van der Waals surface area (Å²) in [5, 5.41) is 2.68. The highest BCUT2D eigenvalue weighted by atomic mass is 32.2. The number of carbonyl (C=O) groups excluding carboxylic acids is 1. The molecule has 0 heterocycles. The number of amides is 1. The van der Waals surface area contributed by atoms with Gasteiger partial charge in [0, 0.05) is 24.9 Å². The minimum atomic E-state index is -3.71. The van der Waals surface area contributed by atoms with Crippen LogP contribution in [0.25, 0.3) is 0 Å². The van der Waals surface area contributed by atoms with E-state index in [2.05, 4.69) is 23.9 Å². The third-order valence-electron chi connectivity index (χ3n) is 3.85. The van der Waals surface area contributed by atoms with Gasteiger partial charge < -0.3 is 10.1 Å². The SMILES string of the molecule is COCCNC(=O)c1ccc(S(=O)(=O)Nc2ccc(C(C)C)cc2)cc1. The Morgan fingerprint density at radius 3 is 2.19 bits per heavy atom. The number of anilines is 1. The second-order valence-electron chi connectivity index (χ2n) is 6.16. The van der Waals surface area contributed by atoms with Crippen molar-refractivity contribution in [3.63, 3.8) is 0 Å². The van der Waals surface area contributed by atoms with Crippen molar-refractivity contribution in [2.45, 2.75) is 24.7 Å². The molecule has 0 saturated carbocycles. The highest BCUT2D eigenvalue weighted by Gasteiger charge is 2.15. The Morgan fingerprint density at radius 2 is 1.65 bits per heavy atom. The van der Waals surface area contributed by atoms with Crippen molar-refractivity contribution in [2.75, 3.05) is 25.0 Å². The van der Waals surface area contributed by atoms with Gasteiger partial charge in [-0.05, 0) is 47.9 Å². The van der Waals surface area contributed by atoms with Crippen LogP contribution in [0.2, 0.25) is 0 Å². The van der Waals surface area contributed by atoms with Crippen LogP contribution in [0.5, 0.6) is 0 Å². The Labute approximate surface area is 154 Å². The maximum Gasteiger partial charge on any atom is 0.261 e. The topological polar surface area (TPSA) is 84.5 Å². The predicted molar refractivity (Wildman–Crippen MR) is 102 cm³/mol. The maximum atomic E-state index is 12.5. The molecule has 1 amide bonds. The number of rotatable bonds is 8. The van der Waals surface area contributed by atoms with Gasteiger partial charge in [-0.2, -0.15) is 0 Å². The molecule has 0 aliphatic rings. The first kappa shape index (κ1) is 19.9. The van der Waals surface area contributed by atoms with Crippen molar-refractivity contribution in [3.05, 3.63) is 59.7 Å². The summed E-state index contributed by atoms with van der Waals surface area (Å²) in [6.45, 7) is 4.96. The van der Waals surface area contributed by atoms with Crippen molar-refractivity contribution < 1.29 is 17.9 Å². The summed E-state index contributed by atoms with van der Waals surface area (Å²) < 4.78 is 32.4. The lowest BCUT2D eigenvalue weighted by Gasteiger charge is -2.11. The summed E-state index contributed by atoms with van der Waals surface area (Å²) in [6.07, 6.45) is 0. The fraction of sp³-hybridized carbons (Fsp3) is 0.316. The zero-order chi connectivity index (χ0) is 19.2. The summed E-state index contributed by atoms with van der Waals surface area (Å²) in [7, 11) is -2.16. The molecule has 140 valence electrons. The fourth-order valence-corrected chi connectivity index (χ4v) is 3.36. The molecule has 0 unspecified atom stereocenters.